The molecule has 9 nitrogen and oxygen atoms in total. The third-order valence-corrected chi connectivity index (χ3v) is 6.07. The zero-order valence-corrected chi connectivity index (χ0v) is 18.0. The summed E-state index contributed by atoms with van der Waals surface area (Å²) in [5, 5.41) is 16.8. The summed E-state index contributed by atoms with van der Waals surface area (Å²) in [4.78, 5) is 42.6. The van der Waals surface area contributed by atoms with Gasteiger partial charge in [0.15, 0.2) is 5.17 Å². The largest absolute Gasteiger partial charge is 0.463 e. The molecule has 0 saturated heterocycles. The van der Waals surface area contributed by atoms with Crippen LogP contribution in [0.2, 0.25) is 0 Å². The van der Waals surface area contributed by atoms with Gasteiger partial charge in [0.25, 0.3) is 5.69 Å². The van der Waals surface area contributed by atoms with Gasteiger partial charge in [0.1, 0.15) is 0 Å². The van der Waals surface area contributed by atoms with Gasteiger partial charge in [-0.3, -0.25) is 14.9 Å². The first-order valence-corrected chi connectivity index (χ1v) is 10.9. The van der Waals surface area contributed by atoms with E-state index < -0.39 is 16.9 Å². The molecule has 1 amide bonds. The molecule has 4 rings (SSSR count). The minimum atomic E-state index is -0.679. The number of non-ortho nitro benzene ring substituents is 1. The Labute approximate surface area is 183 Å². The predicted octanol–water partition coefficient (Wildman–Crippen LogP) is 3.40. The summed E-state index contributed by atoms with van der Waals surface area (Å²) in [5.74, 6) is -0.629. The molecule has 1 aromatic rings. The number of amidine groups is 1. The van der Waals surface area contributed by atoms with Crippen LogP contribution >= 0.6 is 11.8 Å². The SMILES string of the molecule is CCOC(=O)C1=C(C)N=C2SC=C(CC(=O)NC3CC3)N2C1c1cccc([N+](=O)[O-])c1. The Bertz CT molecular complexity index is 1040. The van der Waals surface area contributed by atoms with Crippen LogP contribution < -0.4 is 5.32 Å². The molecular formula is C21H22N4O5S. The summed E-state index contributed by atoms with van der Waals surface area (Å²) in [6.45, 7) is 3.63. The number of nitrogens with one attached hydrogen (secondary N) is 1. The average Bonchev–Trinajstić information content (AvgIpc) is 3.46. The van der Waals surface area contributed by atoms with Crippen molar-refractivity contribution in [2.45, 2.75) is 45.2 Å². The van der Waals surface area contributed by atoms with Crippen LogP contribution in [0.4, 0.5) is 5.69 Å². The molecule has 1 unspecified atom stereocenters. The van der Waals surface area contributed by atoms with E-state index in [4.69, 9.17) is 4.74 Å². The van der Waals surface area contributed by atoms with Gasteiger partial charge in [0.2, 0.25) is 5.91 Å². The van der Waals surface area contributed by atoms with Crippen molar-refractivity contribution in [2.24, 2.45) is 4.99 Å². The van der Waals surface area contributed by atoms with Crippen molar-refractivity contribution in [3.05, 3.63) is 62.3 Å². The number of hydrogen-bond donors (Lipinski definition) is 1. The first kappa shape index (κ1) is 21.1. The average molecular weight is 442 g/mol. The van der Waals surface area contributed by atoms with Crippen LogP contribution in [0.5, 0.6) is 0 Å². The quantitative estimate of drug-likeness (QED) is 0.391. The van der Waals surface area contributed by atoms with Crippen molar-refractivity contribution >= 4 is 34.5 Å². The maximum absolute atomic E-state index is 12.9. The topological polar surface area (TPSA) is 114 Å². The number of nitrogens with zero attached hydrogens (tertiary/aromatic N) is 3. The van der Waals surface area contributed by atoms with Crippen LogP contribution in [0.25, 0.3) is 0 Å². The second kappa shape index (κ2) is 8.54. The van der Waals surface area contributed by atoms with Crippen LogP contribution in [0.1, 0.15) is 44.7 Å². The molecule has 0 spiro atoms. The molecule has 1 fully saturated rings. The second-order valence-corrected chi connectivity index (χ2v) is 8.32. The van der Waals surface area contributed by atoms with Gasteiger partial charge in [-0.1, -0.05) is 23.9 Å². The zero-order valence-electron chi connectivity index (χ0n) is 17.2. The molecule has 10 heteroatoms. The molecule has 0 aromatic heterocycles. The minimum Gasteiger partial charge on any atom is -0.463 e. The normalized spacial score (nSPS) is 20.1. The summed E-state index contributed by atoms with van der Waals surface area (Å²) in [7, 11) is 0. The number of esters is 1. The molecule has 162 valence electrons. The van der Waals surface area contributed by atoms with Crippen LogP contribution in [0.3, 0.4) is 0 Å². The number of carbonyl (C=O) groups is 2. The van der Waals surface area contributed by atoms with E-state index in [1.54, 1.807) is 26.0 Å². The van der Waals surface area contributed by atoms with E-state index in [2.05, 4.69) is 10.3 Å². The van der Waals surface area contributed by atoms with Crippen LogP contribution in [-0.2, 0) is 14.3 Å². The summed E-state index contributed by atoms with van der Waals surface area (Å²) in [6.07, 6.45) is 2.10. The second-order valence-electron chi connectivity index (χ2n) is 7.48. The number of hydrogen-bond acceptors (Lipinski definition) is 8. The molecule has 3 aliphatic rings. The highest BCUT2D eigenvalue weighted by atomic mass is 32.2. The van der Waals surface area contributed by atoms with E-state index in [1.807, 2.05) is 10.3 Å². The van der Waals surface area contributed by atoms with Gasteiger partial charge in [-0.25, -0.2) is 9.79 Å². The fraction of sp³-hybridized carbons (Fsp3) is 0.381. The third-order valence-electron chi connectivity index (χ3n) is 5.18. The molecule has 31 heavy (non-hydrogen) atoms. The van der Waals surface area contributed by atoms with E-state index in [9.17, 15) is 19.7 Å². The van der Waals surface area contributed by atoms with E-state index in [1.165, 1.54) is 23.9 Å². The number of amides is 1. The molecule has 1 N–H and O–H groups in total. The number of nitro benzene ring substituents is 1. The Morgan fingerprint density at radius 2 is 2.16 bits per heavy atom. The number of thioether (sulfide) groups is 1. The molecule has 1 aromatic carbocycles. The molecule has 2 heterocycles. The summed E-state index contributed by atoms with van der Waals surface area (Å²) >= 11 is 1.36. The third kappa shape index (κ3) is 4.34. The van der Waals surface area contributed by atoms with Crippen molar-refractivity contribution in [1.29, 1.82) is 0 Å². The highest BCUT2D eigenvalue weighted by Gasteiger charge is 2.41. The van der Waals surface area contributed by atoms with Gasteiger partial charge < -0.3 is 15.0 Å². The molecule has 1 saturated carbocycles. The van der Waals surface area contributed by atoms with Crippen LogP contribution in [-0.4, -0.2) is 39.5 Å². The fourth-order valence-corrected chi connectivity index (χ4v) is 4.60. The monoisotopic (exact) mass is 442 g/mol. The number of ether oxygens (including phenoxy) is 1. The number of benzene rings is 1. The summed E-state index contributed by atoms with van der Waals surface area (Å²) in [6, 6.07) is 5.73. The van der Waals surface area contributed by atoms with Gasteiger partial charge in [-0.15, -0.1) is 0 Å². The Hall–Kier alpha value is -3.14. The van der Waals surface area contributed by atoms with Crippen LogP contribution in [0, 0.1) is 10.1 Å². The number of carbonyl (C=O) groups excluding carboxylic acids is 2. The standard InChI is InChI=1S/C21H22N4O5S/c1-3-30-20(27)18-12(2)22-21-24(16(11-31-21)10-17(26)23-14-7-8-14)19(18)13-5-4-6-15(9-13)25(28)29/h4-6,9,11,14,19H,3,7-8,10H2,1-2H3,(H,23,26). The highest BCUT2D eigenvalue weighted by molar-refractivity contribution is 8.16. The predicted molar refractivity (Wildman–Crippen MR) is 116 cm³/mol. The Morgan fingerprint density at radius 1 is 1.39 bits per heavy atom. The highest BCUT2D eigenvalue weighted by Crippen LogP contribution is 2.45. The molecule has 1 atom stereocenters. The number of aliphatic imine (C=N–C) groups is 1. The van der Waals surface area contributed by atoms with Gasteiger partial charge in [-0.2, -0.15) is 0 Å². The Morgan fingerprint density at radius 3 is 2.84 bits per heavy atom. The minimum absolute atomic E-state index is 0.0775. The first-order chi connectivity index (χ1) is 14.9. The fourth-order valence-electron chi connectivity index (χ4n) is 3.63. The molecule has 0 radical (unpaired) electrons. The van der Waals surface area contributed by atoms with Gasteiger partial charge >= 0.3 is 5.97 Å². The van der Waals surface area contributed by atoms with E-state index in [0.29, 0.717) is 27.7 Å². The number of fused-ring (bicyclic) bond motifs is 1. The van der Waals surface area contributed by atoms with E-state index in [-0.39, 0.29) is 30.7 Å². The van der Waals surface area contributed by atoms with E-state index in [0.717, 1.165) is 12.8 Å². The molecule has 2 aliphatic heterocycles. The lowest BCUT2D eigenvalue weighted by Crippen LogP contribution is -2.38. The summed E-state index contributed by atoms with van der Waals surface area (Å²) in [5.41, 5.74) is 1.96. The maximum atomic E-state index is 12.9. The molecule has 1 aliphatic carbocycles. The van der Waals surface area contributed by atoms with Crippen molar-refractivity contribution in [3.63, 3.8) is 0 Å². The van der Waals surface area contributed by atoms with Crippen molar-refractivity contribution < 1.29 is 19.2 Å². The van der Waals surface area contributed by atoms with E-state index >= 15 is 0 Å². The zero-order chi connectivity index (χ0) is 22.1. The van der Waals surface area contributed by atoms with Crippen molar-refractivity contribution in [1.82, 2.24) is 10.2 Å². The lowest BCUT2D eigenvalue weighted by atomic mass is 9.93. The maximum Gasteiger partial charge on any atom is 0.338 e. The lowest BCUT2D eigenvalue weighted by molar-refractivity contribution is -0.384. The van der Waals surface area contributed by atoms with Gasteiger partial charge in [0.05, 0.1) is 35.3 Å². The Balaban J connectivity index is 1.74. The summed E-state index contributed by atoms with van der Waals surface area (Å²) < 4.78 is 5.27. The number of allylic oxidation sites excluding steroid dienone is 1. The Kier molecular flexibility index (Phi) is 5.81. The first-order valence-electron chi connectivity index (χ1n) is 10.0. The lowest BCUT2D eigenvalue weighted by Gasteiger charge is -2.36. The van der Waals surface area contributed by atoms with Crippen molar-refractivity contribution in [2.75, 3.05) is 6.61 Å². The molecule has 0 bridgehead atoms. The van der Waals surface area contributed by atoms with Crippen molar-refractivity contribution in [3.8, 4) is 0 Å². The van der Waals surface area contributed by atoms with Gasteiger partial charge in [-0.05, 0) is 37.7 Å². The van der Waals surface area contributed by atoms with Gasteiger partial charge in [0, 0.05) is 23.9 Å². The number of rotatable bonds is 7. The molecular weight excluding hydrogens is 420 g/mol. The smallest absolute Gasteiger partial charge is 0.338 e. The number of nitro groups is 1. The van der Waals surface area contributed by atoms with Crippen LogP contribution in [0.15, 0.2) is 51.6 Å².